The van der Waals surface area contributed by atoms with Crippen LogP contribution < -0.4 is 11.3 Å². The Morgan fingerprint density at radius 3 is 2.75 bits per heavy atom. The lowest BCUT2D eigenvalue weighted by atomic mass is 10.5. The highest BCUT2D eigenvalue weighted by atomic mass is 16.4. The fraction of sp³-hybridized carbons (Fsp3) is 0.429. The molecule has 0 aromatic carbocycles. The minimum atomic E-state index is -0.728. The van der Waals surface area contributed by atoms with E-state index in [1.165, 1.54) is 13.0 Å². The molecular formula is C7H9NO4. The van der Waals surface area contributed by atoms with Crippen LogP contribution in [0.15, 0.2) is 20.1 Å². The van der Waals surface area contributed by atoms with E-state index >= 15 is 0 Å². The van der Waals surface area contributed by atoms with Crippen molar-refractivity contribution in [3.05, 3.63) is 32.7 Å². The topological polar surface area (TPSA) is 72.4 Å². The molecule has 0 fully saturated rings. The van der Waals surface area contributed by atoms with Gasteiger partial charge in [-0.25, -0.2) is 9.36 Å². The van der Waals surface area contributed by atoms with Crippen LogP contribution in [0.3, 0.4) is 0 Å². The Morgan fingerprint density at radius 2 is 2.25 bits per heavy atom. The molecule has 0 saturated heterocycles. The summed E-state index contributed by atoms with van der Waals surface area (Å²) < 4.78 is 5.48. The van der Waals surface area contributed by atoms with E-state index < -0.39 is 11.3 Å². The first-order chi connectivity index (χ1) is 5.65. The van der Waals surface area contributed by atoms with Crippen LogP contribution in [-0.4, -0.2) is 16.3 Å². The summed E-state index contributed by atoms with van der Waals surface area (Å²) in [7, 11) is 0. The molecule has 0 aliphatic heterocycles. The summed E-state index contributed by atoms with van der Waals surface area (Å²) in [4.78, 5) is 22.0. The van der Waals surface area contributed by atoms with Crippen LogP contribution in [-0.2, 0) is 6.54 Å². The molecule has 0 radical (unpaired) electrons. The predicted octanol–water partition coefficient (Wildman–Crippen LogP) is -0.898. The number of rotatable bonds is 2. The Kier molecular flexibility index (Phi) is 2.44. The van der Waals surface area contributed by atoms with Gasteiger partial charge in [-0.15, -0.1) is 0 Å². The van der Waals surface area contributed by atoms with Gasteiger partial charge in [0.05, 0.1) is 13.2 Å². The first-order valence-electron chi connectivity index (χ1n) is 3.47. The number of aromatic nitrogens is 1. The SMILES string of the molecule is Cc1cc(=O)n(CCO)c(=O)o1. The van der Waals surface area contributed by atoms with E-state index in [0.29, 0.717) is 0 Å². The fourth-order valence-electron chi connectivity index (χ4n) is 0.866. The molecule has 1 aromatic rings. The van der Waals surface area contributed by atoms with Gasteiger partial charge in [0.2, 0.25) is 0 Å². The van der Waals surface area contributed by atoms with E-state index in [1.807, 2.05) is 0 Å². The molecule has 1 aromatic heterocycles. The number of hydrogen-bond acceptors (Lipinski definition) is 4. The van der Waals surface area contributed by atoms with Gasteiger partial charge in [-0.1, -0.05) is 0 Å². The third-order valence-corrected chi connectivity index (χ3v) is 1.39. The third kappa shape index (κ3) is 1.62. The lowest BCUT2D eigenvalue weighted by Gasteiger charge is -1.99. The minimum Gasteiger partial charge on any atom is -0.415 e. The molecular weight excluding hydrogens is 162 g/mol. The Morgan fingerprint density at radius 1 is 1.58 bits per heavy atom. The van der Waals surface area contributed by atoms with Crippen LogP contribution >= 0.6 is 0 Å². The summed E-state index contributed by atoms with van der Waals surface area (Å²) >= 11 is 0. The molecule has 66 valence electrons. The van der Waals surface area contributed by atoms with E-state index in [1.54, 1.807) is 0 Å². The molecule has 0 aliphatic carbocycles. The average molecular weight is 171 g/mol. The van der Waals surface area contributed by atoms with Crippen molar-refractivity contribution < 1.29 is 9.52 Å². The Labute approximate surface area is 67.9 Å². The molecule has 0 bridgehead atoms. The highest BCUT2D eigenvalue weighted by Gasteiger charge is 2.02. The molecule has 5 heteroatoms. The van der Waals surface area contributed by atoms with Crippen molar-refractivity contribution >= 4 is 0 Å². The van der Waals surface area contributed by atoms with Crippen LogP contribution in [0.4, 0.5) is 0 Å². The van der Waals surface area contributed by atoms with Gasteiger partial charge in [0.15, 0.2) is 0 Å². The van der Waals surface area contributed by atoms with Gasteiger partial charge < -0.3 is 9.52 Å². The van der Waals surface area contributed by atoms with E-state index in [9.17, 15) is 9.59 Å². The van der Waals surface area contributed by atoms with Crippen LogP contribution in [0.25, 0.3) is 0 Å². The van der Waals surface area contributed by atoms with Crippen LogP contribution in [0.1, 0.15) is 5.76 Å². The normalized spacial score (nSPS) is 10.2. The molecule has 1 N–H and O–H groups in total. The molecule has 0 amide bonds. The first kappa shape index (κ1) is 8.73. The second-order valence-corrected chi connectivity index (χ2v) is 2.34. The molecule has 0 unspecified atom stereocenters. The standard InChI is InChI=1S/C7H9NO4/c1-5-4-6(10)8(2-3-9)7(11)12-5/h4,9H,2-3H2,1H3. The zero-order valence-corrected chi connectivity index (χ0v) is 6.61. The Hall–Kier alpha value is -1.36. The minimum absolute atomic E-state index is 0.0263. The van der Waals surface area contributed by atoms with Crippen molar-refractivity contribution in [3.8, 4) is 0 Å². The second kappa shape index (κ2) is 3.36. The van der Waals surface area contributed by atoms with Crippen molar-refractivity contribution in [1.29, 1.82) is 0 Å². The molecule has 0 aliphatic rings. The highest BCUT2D eigenvalue weighted by molar-refractivity contribution is 4.91. The van der Waals surface area contributed by atoms with Crippen molar-refractivity contribution in [2.75, 3.05) is 6.61 Å². The van der Waals surface area contributed by atoms with Crippen molar-refractivity contribution in [2.45, 2.75) is 13.5 Å². The van der Waals surface area contributed by atoms with Crippen LogP contribution in [0.2, 0.25) is 0 Å². The van der Waals surface area contributed by atoms with Gasteiger partial charge in [0, 0.05) is 6.07 Å². The van der Waals surface area contributed by atoms with E-state index in [0.717, 1.165) is 4.57 Å². The monoisotopic (exact) mass is 171 g/mol. The maximum Gasteiger partial charge on any atom is 0.421 e. The summed E-state index contributed by atoms with van der Waals surface area (Å²) in [6.07, 6.45) is 0. The van der Waals surface area contributed by atoms with Crippen molar-refractivity contribution in [1.82, 2.24) is 4.57 Å². The predicted molar refractivity (Wildman–Crippen MR) is 41.1 cm³/mol. The summed E-state index contributed by atoms with van der Waals surface area (Å²) in [6.45, 7) is 1.24. The maximum atomic E-state index is 11.0. The summed E-state index contributed by atoms with van der Waals surface area (Å²) in [5.74, 6) is -0.451. The number of aliphatic hydroxyl groups excluding tert-OH is 1. The van der Waals surface area contributed by atoms with E-state index in [4.69, 9.17) is 5.11 Å². The van der Waals surface area contributed by atoms with Gasteiger partial charge in [-0.2, -0.15) is 0 Å². The van der Waals surface area contributed by atoms with Gasteiger partial charge in [-0.05, 0) is 6.92 Å². The maximum absolute atomic E-state index is 11.0. The van der Waals surface area contributed by atoms with Crippen molar-refractivity contribution in [2.24, 2.45) is 0 Å². The summed E-state index contributed by atoms with van der Waals surface area (Å²) in [5.41, 5.74) is -0.446. The summed E-state index contributed by atoms with van der Waals surface area (Å²) in [6, 6.07) is 1.21. The van der Waals surface area contributed by atoms with Gasteiger partial charge >= 0.3 is 5.76 Å². The molecule has 0 saturated carbocycles. The Bertz CT molecular complexity index is 344. The third-order valence-electron chi connectivity index (χ3n) is 1.39. The van der Waals surface area contributed by atoms with Crippen molar-refractivity contribution in [3.63, 3.8) is 0 Å². The molecule has 0 atom stereocenters. The molecule has 5 nitrogen and oxygen atoms in total. The van der Waals surface area contributed by atoms with E-state index in [-0.39, 0.29) is 18.9 Å². The number of hydrogen-bond donors (Lipinski definition) is 1. The number of nitrogens with zero attached hydrogens (tertiary/aromatic N) is 1. The highest BCUT2D eigenvalue weighted by Crippen LogP contribution is 1.84. The zero-order chi connectivity index (χ0) is 9.14. The van der Waals surface area contributed by atoms with E-state index in [2.05, 4.69) is 4.42 Å². The number of aliphatic hydroxyl groups is 1. The first-order valence-corrected chi connectivity index (χ1v) is 3.47. The zero-order valence-electron chi connectivity index (χ0n) is 6.61. The summed E-state index contributed by atoms with van der Waals surface area (Å²) in [5, 5.41) is 8.50. The quantitative estimate of drug-likeness (QED) is 0.626. The smallest absolute Gasteiger partial charge is 0.415 e. The van der Waals surface area contributed by atoms with Crippen LogP contribution in [0, 0.1) is 6.92 Å². The second-order valence-electron chi connectivity index (χ2n) is 2.34. The average Bonchev–Trinajstić information content (AvgIpc) is 1.96. The largest absolute Gasteiger partial charge is 0.421 e. The lowest BCUT2D eigenvalue weighted by Crippen LogP contribution is -2.33. The molecule has 0 spiro atoms. The molecule has 1 rings (SSSR count). The van der Waals surface area contributed by atoms with Gasteiger partial charge in [0.25, 0.3) is 5.56 Å². The molecule has 1 heterocycles. The lowest BCUT2D eigenvalue weighted by molar-refractivity contribution is 0.260. The van der Waals surface area contributed by atoms with Crippen LogP contribution in [0.5, 0.6) is 0 Å². The fourth-order valence-corrected chi connectivity index (χ4v) is 0.866. The van der Waals surface area contributed by atoms with Gasteiger partial charge in [-0.3, -0.25) is 4.79 Å². The number of aryl methyl sites for hydroxylation is 1. The molecule has 12 heavy (non-hydrogen) atoms. The van der Waals surface area contributed by atoms with Gasteiger partial charge in [0.1, 0.15) is 5.76 Å². The Balaban J connectivity index is 3.29.